The first-order valence-electron chi connectivity index (χ1n) is 7.68. The molecular weight excluding hydrogens is 379 g/mol. The average molecular weight is 396 g/mol. The summed E-state index contributed by atoms with van der Waals surface area (Å²) in [5.74, 6) is -5.27. The molecule has 0 amide bonds. The maximum Gasteiger partial charge on any atom is 0.403 e. The van der Waals surface area contributed by atoms with Gasteiger partial charge in [-0.1, -0.05) is 6.92 Å². The maximum absolute atomic E-state index is 14.1. The lowest BCUT2D eigenvalue weighted by atomic mass is 9.83. The van der Waals surface area contributed by atoms with Crippen molar-refractivity contribution in [1.82, 2.24) is 0 Å². The van der Waals surface area contributed by atoms with Crippen LogP contribution in [0.15, 0.2) is 17.0 Å². The van der Waals surface area contributed by atoms with Gasteiger partial charge in [0.05, 0.1) is 18.6 Å². The van der Waals surface area contributed by atoms with Crippen LogP contribution in [-0.4, -0.2) is 30.6 Å². The van der Waals surface area contributed by atoms with Gasteiger partial charge in [0.1, 0.15) is 4.75 Å². The first-order valence-corrected chi connectivity index (χ1v) is 8.50. The van der Waals surface area contributed by atoms with Crippen molar-refractivity contribution in [3.05, 3.63) is 34.2 Å². The highest BCUT2D eigenvalue weighted by Gasteiger charge is 2.61. The van der Waals surface area contributed by atoms with Crippen molar-refractivity contribution in [1.29, 1.82) is 0 Å². The van der Waals surface area contributed by atoms with Gasteiger partial charge in [-0.15, -0.1) is 11.8 Å². The first kappa shape index (κ1) is 20.5. The lowest BCUT2D eigenvalue weighted by Crippen LogP contribution is -2.42. The fourth-order valence-corrected chi connectivity index (χ4v) is 4.15. The van der Waals surface area contributed by atoms with Gasteiger partial charge < -0.3 is 9.47 Å². The Bertz CT molecular complexity index is 760. The van der Waals surface area contributed by atoms with Crippen LogP contribution in [-0.2, 0) is 9.53 Å². The Balaban J connectivity index is 2.73. The van der Waals surface area contributed by atoms with E-state index in [0.717, 1.165) is 26.2 Å². The molecule has 0 aromatic heterocycles. The highest BCUT2D eigenvalue weighted by Crippen LogP contribution is 2.61. The Morgan fingerprint density at radius 3 is 2.42 bits per heavy atom. The van der Waals surface area contributed by atoms with Crippen LogP contribution in [0.4, 0.5) is 22.0 Å². The van der Waals surface area contributed by atoms with Crippen LogP contribution in [0, 0.1) is 17.6 Å². The monoisotopic (exact) mass is 396 g/mol. The number of allylic oxidation sites excluding steroid dienone is 1. The molecule has 0 saturated carbocycles. The smallest absolute Gasteiger partial charge is 0.403 e. The Hall–Kier alpha value is -1.77. The Morgan fingerprint density at radius 2 is 1.92 bits per heavy atom. The third kappa shape index (κ3) is 3.17. The first-order chi connectivity index (χ1) is 12.0. The third-order valence-corrected chi connectivity index (χ3v) is 5.99. The lowest BCUT2D eigenvalue weighted by molar-refractivity contribution is -0.160. The van der Waals surface area contributed by atoms with Gasteiger partial charge in [0.2, 0.25) is 5.82 Å². The summed E-state index contributed by atoms with van der Waals surface area (Å²) < 4.78 is 76.0. The van der Waals surface area contributed by atoms with Crippen molar-refractivity contribution in [3.8, 4) is 5.75 Å². The molecule has 2 unspecified atom stereocenters. The van der Waals surface area contributed by atoms with E-state index in [9.17, 15) is 26.7 Å². The molecule has 2 rings (SSSR count). The molecule has 0 aliphatic carbocycles. The van der Waals surface area contributed by atoms with Gasteiger partial charge >= 0.3 is 12.1 Å². The van der Waals surface area contributed by atoms with Crippen LogP contribution >= 0.6 is 11.8 Å². The quantitative estimate of drug-likeness (QED) is 0.533. The summed E-state index contributed by atoms with van der Waals surface area (Å²) in [6.07, 6.45) is -4.65. The molecule has 1 aliphatic heterocycles. The molecule has 0 fully saturated rings. The molecule has 0 radical (unpaired) electrons. The van der Waals surface area contributed by atoms with Crippen LogP contribution in [0.1, 0.15) is 26.3 Å². The van der Waals surface area contributed by atoms with Crippen LogP contribution in [0.25, 0.3) is 5.57 Å². The summed E-state index contributed by atoms with van der Waals surface area (Å²) in [6.45, 7) is 3.72. The van der Waals surface area contributed by atoms with Crippen molar-refractivity contribution >= 4 is 23.3 Å². The summed E-state index contributed by atoms with van der Waals surface area (Å²) in [4.78, 5) is 12.0. The van der Waals surface area contributed by atoms with Gasteiger partial charge in [-0.05, 0) is 31.6 Å². The number of benzene rings is 1. The van der Waals surface area contributed by atoms with Crippen molar-refractivity contribution < 1.29 is 36.2 Å². The van der Waals surface area contributed by atoms with E-state index in [1.54, 1.807) is 0 Å². The minimum Gasteiger partial charge on any atom is -0.493 e. The molecule has 2 atom stereocenters. The van der Waals surface area contributed by atoms with Gasteiger partial charge in [0, 0.05) is 11.5 Å². The second-order valence-corrected chi connectivity index (χ2v) is 7.29. The number of rotatable bonds is 4. The molecule has 0 saturated heterocycles. The fourth-order valence-electron chi connectivity index (χ4n) is 2.78. The van der Waals surface area contributed by atoms with Crippen LogP contribution in [0.2, 0.25) is 0 Å². The number of alkyl halides is 3. The summed E-state index contributed by atoms with van der Waals surface area (Å²) in [6, 6.07) is 1.88. The van der Waals surface area contributed by atoms with Crippen LogP contribution < -0.4 is 4.74 Å². The minimum atomic E-state index is -4.65. The van der Waals surface area contributed by atoms with E-state index in [1.807, 2.05) is 0 Å². The number of ether oxygens (including phenoxy) is 2. The predicted molar refractivity (Wildman–Crippen MR) is 87.7 cm³/mol. The zero-order valence-electron chi connectivity index (χ0n) is 14.5. The van der Waals surface area contributed by atoms with E-state index in [0.29, 0.717) is 11.8 Å². The minimum absolute atomic E-state index is 0.0395. The van der Waals surface area contributed by atoms with Crippen molar-refractivity contribution in [3.63, 3.8) is 0 Å². The Labute approximate surface area is 151 Å². The topological polar surface area (TPSA) is 35.5 Å². The molecule has 1 heterocycles. The number of hydrogen-bond acceptors (Lipinski definition) is 4. The Morgan fingerprint density at radius 1 is 1.31 bits per heavy atom. The Kier molecular flexibility index (Phi) is 5.60. The second kappa shape index (κ2) is 7.09. The van der Waals surface area contributed by atoms with Gasteiger partial charge in [0.15, 0.2) is 11.6 Å². The number of thioether (sulfide) groups is 1. The van der Waals surface area contributed by atoms with Crippen LogP contribution in [0.3, 0.4) is 0 Å². The molecule has 9 heteroatoms. The third-order valence-electron chi connectivity index (χ3n) is 4.39. The van der Waals surface area contributed by atoms with Crippen molar-refractivity contribution in [2.24, 2.45) is 5.92 Å². The summed E-state index contributed by atoms with van der Waals surface area (Å²) >= 11 is 0.317. The van der Waals surface area contributed by atoms with E-state index in [-0.39, 0.29) is 22.6 Å². The SMILES string of the molecule is CCOC(=O)C1=C(c2ccc(F)c(F)c2OC)C(C)C(C)(C(F)(F)F)S1. The van der Waals surface area contributed by atoms with Gasteiger partial charge in [0.25, 0.3) is 0 Å². The molecule has 1 aromatic carbocycles. The van der Waals surface area contributed by atoms with E-state index in [1.165, 1.54) is 13.8 Å². The molecule has 26 heavy (non-hydrogen) atoms. The number of hydrogen-bond donors (Lipinski definition) is 0. The number of carbonyl (C=O) groups is 1. The normalized spacial score (nSPS) is 23.3. The van der Waals surface area contributed by atoms with Gasteiger partial charge in [-0.2, -0.15) is 17.6 Å². The molecule has 1 aromatic rings. The number of halogens is 5. The highest BCUT2D eigenvalue weighted by atomic mass is 32.2. The number of carbonyl (C=O) groups excluding carboxylic acids is 1. The van der Waals surface area contributed by atoms with Gasteiger partial charge in [-0.25, -0.2) is 9.18 Å². The zero-order chi connectivity index (χ0) is 19.9. The average Bonchev–Trinajstić information content (AvgIpc) is 2.83. The maximum atomic E-state index is 14.1. The highest BCUT2D eigenvalue weighted by molar-refractivity contribution is 8.05. The molecule has 1 aliphatic rings. The fraction of sp³-hybridized carbons (Fsp3) is 0.471. The van der Waals surface area contributed by atoms with Crippen molar-refractivity contribution in [2.45, 2.75) is 31.7 Å². The molecular formula is C17H17F5O3S. The summed E-state index contributed by atoms with van der Waals surface area (Å²) in [5.41, 5.74) is -0.188. The van der Waals surface area contributed by atoms with E-state index in [4.69, 9.17) is 9.47 Å². The summed E-state index contributed by atoms with van der Waals surface area (Å²) in [5, 5.41) is 0. The molecule has 144 valence electrons. The molecule has 0 N–H and O–H groups in total. The van der Waals surface area contributed by atoms with Crippen molar-refractivity contribution in [2.75, 3.05) is 13.7 Å². The number of esters is 1. The predicted octanol–water partition coefficient (Wildman–Crippen LogP) is 4.95. The summed E-state index contributed by atoms with van der Waals surface area (Å²) in [7, 11) is 1.07. The van der Waals surface area contributed by atoms with E-state index in [2.05, 4.69) is 0 Å². The number of methoxy groups -OCH3 is 1. The van der Waals surface area contributed by atoms with Gasteiger partial charge in [-0.3, -0.25) is 0 Å². The standard InChI is InChI=1S/C17H17F5O3S/c1-5-25-15(23)14-11(8(2)16(3,26-14)17(20,21)22)9-6-7-10(18)12(19)13(9)24-4/h6-8H,5H2,1-4H3. The van der Waals surface area contributed by atoms with E-state index >= 15 is 0 Å². The van der Waals surface area contributed by atoms with Crippen LogP contribution in [0.5, 0.6) is 5.75 Å². The largest absolute Gasteiger partial charge is 0.493 e. The molecule has 0 spiro atoms. The molecule has 3 nitrogen and oxygen atoms in total. The lowest BCUT2D eigenvalue weighted by Gasteiger charge is -2.32. The second-order valence-electron chi connectivity index (χ2n) is 5.83. The zero-order valence-corrected chi connectivity index (χ0v) is 15.3. The molecule has 0 bridgehead atoms. The van der Waals surface area contributed by atoms with E-state index < -0.39 is 40.2 Å².